The van der Waals surface area contributed by atoms with Crippen LogP contribution in [-0.4, -0.2) is 24.4 Å². The van der Waals surface area contributed by atoms with Gasteiger partial charge >= 0.3 is 0 Å². The molecule has 1 aromatic rings. The first-order valence-electron chi connectivity index (χ1n) is 7.95. The number of amides is 2. The summed E-state index contributed by atoms with van der Waals surface area (Å²) in [4.78, 5) is 23.7. The van der Waals surface area contributed by atoms with Crippen molar-refractivity contribution in [2.24, 2.45) is 5.92 Å². The van der Waals surface area contributed by atoms with Gasteiger partial charge < -0.3 is 16.0 Å². The van der Waals surface area contributed by atoms with Crippen LogP contribution in [0.15, 0.2) is 18.2 Å². The maximum Gasteiger partial charge on any atom is 0.239 e. The highest BCUT2D eigenvalue weighted by Gasteiger charge is 2.29. The second-order valence-electron chi connectivity index (χ2n) is 5.97. The van der Waals surface area contributed by atoms with Crippen molar-refractivity contribution in [1.29, 1.82) is 0 Å². The molecule has 120 valence electrons. The molecule has 1 aliphatic rings. The van der Waals surface area contributed by atoms with E-state index < -0.39 is 0 Å². The van der Waals surface area contributed by atoms with E-state index in [0.29, 0.717) is 0 Å². The minimum absolute atomic E-state index is 0.0267. The lowest BCUT2D eigenvalue weighted by atomic mass is 10.1. The maximum absolute atomic E-state index is 11.9. The Morgan fingerprint density at radius 3 is 2.59 bits per heavy atom. The van der Waals surface area contributed by atoms with Gasteiger partial charge in [0.1, 0.15) is 0 Å². The number of anilines is 2. The van der Waals surface area contributed by atoms with Crippen LogP contribution in [-0.2, 0) is 9.59 Å². The summed E-state index contributed by atoms with van der Waals surface area (Å²) < 4.78 is 0. The van der Waals surface area contributed by atoms with E-state index in [1.54, 1.807) is 0 Å². The molecule has 0 aliphatic heterocycles. The Morgan fingerprint density at radius 2 is 1.95 bits per heavy atom. The van der Waals surface area contributed by atoms with E-state index in [2.05, 4.69) is 16.0 Å². The van der Waals surface area contributed by atoms with E-state index in [-0.39, 0.29) is 30.3 Å². The first kappa shape index (κ1) is 16.3. The third-order valence-corrected chi connectivity index (χ3v) is 4.00. The van der Waals surface area contributed by atoms with Gasteiger partial charge in [-0.2, -0.15) is 0 Å². The molecule has 0 bridgehead atoms. The largest absolute Gasteiger partial charge is 0.376 e. The average molecular weight is 303 g/mol. The Kier molecular flexibility index (Phi) is 5.41. The highest BCUT2D eigenvalue weighted by molar-refractivity contribution is 5.95. The number of rotatable bonds is 7. The van der Waals surface area contributed by atoms with Crippen LogP contribution in [0, 0.1) is 12.8 Å². The fraction of sp³-hybridized carbons (Fsp3) is 0.529. The molecule has 2 rings (SSSR count). The fourth-order valence-electron chi connectivity index (χ4n) is 2.15. The van der Waals surface area contributed by atoms with Crippen LogP contribution in [0.1, 0.15) is 38.7 Å². The van der Waals surface area contributed by atoms with Crippen molar-refractivity contribution in [2.45, 2.75) is 46.1 Å². The Morgan fingerprint density at radius 1 is 1.27 bits per heavy atom. The van der Waals surface area contributed by atoms with Gasteiger partial charge in [-0.05, 0) is 50.8 Å². The zero-order chi connectivity index (χ0) is 16.1. The Bertz CT molecular complexity index is 553. The van der Waals surface area contributed by atoms with Crippen LogP contribution in [0.3, 0.4) is 0 Å². The van der Waals surface area contributed by atoms with Crippen molar-refractivity contribution in [3.63, 3.8) is 0 Å². The topological polar surface area (TPSA) is 70.2 Å². The number of carbonyl (C=O) groups excluding carboxylic acids is 2. The molecule has 1 atom stereocenters. The number of nitrogens with one attached hydrogen (secondary N) is 3. The van der Waals surface area contributed by atoms with Gasteiger partial charge in [0.25, 0.3) is 0 Å². The van der Waals surface area contributed by atoms with Crippen molar-refractivity contribution in [3.8, 4) is 0 Å². The number of carbonyl (C=O) groups is 2. The SMILES string of the molecule is CCC(C)NC(=O)CNc1cccc(NC(=O)C2CC2)c1C. The standard InChI is InChI=1S/C17H25N3O2/c1-4-11(2)19-16(21)10-18-14-6-5-7-15(12(14)3)20-17(22)13-8-9-13/h5-7,11,13,18H,4,8-10H2,1-3H3,(H,19,21)(H,20,22). The molecule has 3 N–H and O–H groups in total. The van der Waals surface area contributed by atoms with Crippen LogP contribution in [0.4, 0.5) is 11.4 Å². The van der Waals surface area contributed by atoms with Gasteiger partial charge in [-0.25, -0.2) is 0 Å². The molecule has 1 unspecified atom stereocenters. The molecule has 1 aromatic carbocycles. The molecule has 5 heteroatoms. The molecule has 1 fully saturated rings. The highest BCUT2D eigenvalue weighted by Crippen LogP contribution is 2.31. The number of hydrogen-bond acceptors (Lipinski definition) is 3. The van der Waals surface area contributed by atoms with E-state index in [1.807, 2.05) is 39.0 Å². The van der Waals surface area contributed by atoms with E-state index in [1.165, 1.54) is 0 Å². The summed E-state index contributed by atoms with van der Waals surface area (Å²) in [6.45, 7) is 6.19. The number of benzene rings is 1. The molecule has 0 spiro atoms. The van der Waals surface area contributed by atoms with Crippen molar-refractivity contribution in [3.05, 3.63) is 23.8 Å². The highest BCUT2D eigenvalue weighted by atomic mass is 16.2. The predicted molar refractivity (Wildman–Crippen MR) is 88.9 cm³/mol. The monoisotopic (exact) mass is 303 g/mol. The minimum atomic E-state index is -0.0267. The van der Waals surface area contributed by atoms with Gasteiger partial charge in [0.2, 0.25) is 11.8 Å². The second-order valence-corrected chi connectivity index (χ2v) is 5.97. The lowest BCUT2D eigenvalue weighted by Gasteiger charge is -2.15. The van der Waals surface area contributed by atoms with Crippen LogP contribution in [0.5, 0.6) is 0 Å². The van der Waals surface area contributed by atoms with Crippen LogP contribution < -0.4 is 16.0 Å². The smallest absolute Gasteiger partial charge is 0.239 e. The maximum atomic E-state index is 11.9. The zero-order valence-corrected chi connectivity index (χ0v) is 13.5. The van der Waals surface area contributed by atoms with Crippen molar-refractivity contribution in [2.75, 3.05) is 17.2 Å². The summed E-state index contributed by atoms with van der Waals surface area (Å²) >= 11 is 0. The summed E-state index contributed by atoms with van der Waals surface area (Å²) in [7, 11) is 0. The van der Waals surface area contributed by atoms with Gasteiger partial charge in [0.15, 0.2) is 0 Å². The zero-order valence-electron chi connectivity index (χ0n) is 13.5. The Balaban J connectivity index is 1.93. The molecule has 0 saturated heterocycles. The summed E-state index contributed by atoms with van der Waals surface area (Å²) in [6, 6.07) is 5.86. The van der Waals surface area contributed by atoms with Crippen molar-refractivity contribution >= 4 is 23.2 Å². The van der Waals surface area contributed by atoms with Crippen LogP contribution >= 0.6 is 0 Å². The first-order valence-corrected chi connectivity index (χ1v) is 7.95. The van der Waals surface area contributed by atoms with Crippen molar-refractivity contribution < 1.29 is 9.59 Å². The third kappa shape index (κ3) is 4.48. The lowest BCUT2D eigenvalue weighted by Crippen LogP contribution is -2.36. The minimum Gasteiger partial charge on any atom is -0.376 e. The van der Waals surface area contributed by atoms with Crippen LogP contribution in [0.2, 0.25) is 0 Å². The van der Waals surface area contributed by atoms with E-state index in [0.717, 1.165) is 36.2 Å². The normalized spacial score (nSPS) is 15.0. The molecule has 1 aliphatic carbocycles. The quantitative estimate of drug-likeness (QED) is 0.725. The summed E-state index contributed by atoms with van der Waals surface area (Å²) in [6.07, 6.45) is 2.88. The van der Waals surface area contributed by atoms with Crippen molar-refractivity contribution in [1.82, 2.24) is 5.32 Å². The molecule has 5 nitrogen and oxygen atoms in total. The van der Waals surface area contributed by atoms with Crippen LogP contribution in [0.25, 0.3) is 0 Å². The van der Waals surface area contributed by atoms with Gasteiger partial charge in [-0.1, -0.05) is 13.0 Å². The van der Waals surface area contributed by atoms with Gasteiger partial charge in [-0.3, -0.25) is 9.59 Å². The molecule has 0 radical (unpaired) electrons. The molecule has 2 amide bonds. The summed E-state index contributed by atoms with van der Waals surface area (Å²) in [5, 5.41) is 9.02. The molecule has 0 aromatic heterocycles. The predicted octanol–water partition coefficient (Wildman–Crippen LogP) is 2.67. The fourth-order valence-corrected chi connectivity index (χ4v) is 2.15. The Labute approximate surface area is 131 Å². The van der Waals surface area contributed by atoms with Gasteiger partial charge in [0, 0.05) is 23.3 Å². The molecule has 22 heavy (non-hydrogen) atoms. The average Bonchev–Trinajstić information content (AvgIpc) is 3.32. The molecular weight excluding hydrogens is 278 g/mol. The van der Waals surface area contributed by atoms with E-state index >= 15 is 0 Å². The summed E-state index contributed by atoms with van der Waals surface area (Å²) in [5.74, 6) is 0.244. The number of hydrogen-bond donors (Lipinski definition) is 3. The molecular formula is C17H25N3O2. The molecule has 1 saturated carbocycles. The van der Waals surface area contributed by atoms with E-state index in [4.69, 9.17) is 0 Å². The van der Waals surface area contributed by atoms with E-state index in [9.17, 15) is 9.59 Å². The molecule has 0 heterocycles. The first-order chi connectivity index (χ1) is 10.5. The summed E-state index contributed by atoms with van der Waals surface area (Å²) in [5.41, 5.74) is 2.63. The second kappa shape index (κ2) is 7.29. The van der Waals surface area contributed by atoms with Gasteiger partial charge in [0.05, 0.1) is 6.54 Å². The van der Waals surface area contributed by atoms with Gasteiger partial charge in [-0.15, -0.1) is 0 Å². The lowest BCUT2D eigenvalue weighted by molar-refractivity contribution is -0.120. The Hall–Kier alpha value is -2.04. The third-order valence-electron chi connectivity index (χ3n) is 4.00.